The molecule has 29 heavy (non-hydrogen) atoms. The summed E-state index contributed by atoms with van der Waals surface area (Å²) in [4.78, 5) is 30.2. The molecule has 1 fully saturated rings. The fourth-order valence-corrected chi connectivity index (χ4v) is 3.74. The Morgan fingerprint density at radius 1 is 1.17 bits per heavy atom. The monoisotopic (exact) mass is 389 g/mol. The molecule has 0 radical (unpaired) electrons. The molecule has 1 unspecified atom stereocenters. The van der Waals surface area contributed by atoms with Crippen molar-refractivity contribution >= 4 is 16.8 Å². The average molecular weight is 389 g/mol. The Hall–Kier alpha value is -2.95. The molecule has 5 heteroatoms. The van der Waals surface area contributed by atoms with E-state index in [1.807, 2.05) is 35.8 Å². The van der Waals surface area contributed by atoms with E-state index in [1.165, 1.54) is 5.56 Å². The van der Waals surface area contributed by atoms with Crippen LogP contribution in [0.5, 0.6) is 0 Å². The predicted molar refractivity (Wildman–Crippen MR) is 115 cm³/mol. The lowest BCUT2D eigenvalue weighted by Gasteiger charge is -2.16. The molecule has 0 spiro atoms. The van der Waals surface area contributed by atoms with Gasteiger partial charge in [-0.05, 0) is 49.4 Å². The van der Waals surface area contributed by atoms with Crippen LogP contribution in [0.1, 0.15) is 62.1 Å². The van der Waals surface area contributed by atoms with Gasteiger partial charge in [0.1, 0.15) is 5.82 Å². The van der Waals surface area contributed by atoms with Crippen LogP contribution in [0.15, 0.2) is 53.3 Å². The van der Waals surface area contributed by atoms with Gasteiger partial charge in [0.25, 0.3) is 5.56 Å². The van der Waals surface area contributed by atoms with Gasteiger partial charge >= 0.3 is 0 Å². The summed E-state index contributed by atoms with van der Waals surface area (Å²) in [5, 5.41) is 3.72. The zero-order chi connectivity index (χ0) is 20.4. The number of rotatable bonds is 7. The van der Waals surface area contributed by atoms with E-state index in [-0.39, 0.29) is 23.6 Å². The maximum absolute atomic E-state index is 12.9. The molecule has 0 bridgehead atoms. The van der Waals surface area contributed by atoms with Crippen LogP contribution in [0.4, 0.5) is 0 Å². The second-order valence-electron chi connectivity index (χ2n) is 7.84. The largest absolute Gasteiger partial charge is 0.350 e. The van der Waals surface area contributed by atoms with E-state index in [0.29, 0.717) is 29.6 Å². The maximum atomic E-state index is 12.9. The highest BCUT2D eigenvalue weighted by Crippen LogP contribution is 2.34. The highest BCUT2D eigenvalue weighted by Gasteiger charge is 2.28. The predicted octanol–water partition coefficient (Wildman–Crippen LogP) is 4.10. The van der Waals surface area contributed by atoms with Crippen LogP contribution in [0.2, 0.25) is 0 Å². The number of fused-ring (bicyclic) bond motifs is 1. The van der Waals surface area contributed by atoms with Crippen molar-refractivity contribution in [1.82, 2.24) is 14.9 Å². The van der Waals surface area contributed by atoms with E-state index >= 15 is 0 Å². The minimum Gasteiger partial charge on any atom is -0.350 e. The third-order valence-electron chi connectivity index (χ3n) is 5.63. The highest BCUT2D eigenvalue weighted by molar-refractivity contribution is 5.78. The zero-order valence-electron chi connectivity index (χ0n) is 17.0. The molecule has 2 aromatic carbocycles. The lowest BCUT2D eigenvalue weighted by Crippen LogP contribution is -2.29. The van der Waals surface area contributed by atoms with Gasteiger partial charge < -0.3 is 5.32 Å². The fourth-order valence-electron chi connectivity index (χ4n) is 3.74. The van der Waals surface area contributed by atoms with E-state index < -0.39 is 0 Å². The van der Waals surface area contributed by atoms with E-state index in [9.17, 15) is 9.59 Å². The molecular weight excluding hydrogens is 362 g/mol. The van der Waals surface area contributed by atoms with Gasteiger partial charge in [0, 0.05) is 18.9 Å². The van der Waals surface area contributed by atoms with Crippen LogP contribution >= 0.6 is 0 Å². The van der Waals surface area contributed by atoms with Crippen LogP contribution in [-0.4, -0.2) is 15.5 Å². The zero-order valence-corrected chi connectivity index (χ0v) is 17.0. The van der Waals surface area contributed by atoms with E-state index in [4.69, 9.17) is 4.98 Å². The summed E-state index contributed by atoms with van der Waals surface area (Å²) in [5.41, 5.74) is 3.09. The lowest BCUT2D eigenvalue weighted by molar-refractivity contribution is -0.121. The first kappa shape index (κ1) is 19.4. The summed E-state index contributed by atoms with van der Waals surface area (Å²) in [6.45, 7) is 4.12. The molecule has 1 aliphatic carbocycles. The van der Waals surface area contributed by atoms with Crippen molar-refractivity contribution in [3.8, 4) is 0 Å². The fraction of sp³-hybridized carbons (Fsp3) is 0.375. The molecular formula is C24H27N3O2. The molecule has 5 nitrogen and oxygen atoms in total. The van der Waals surface area contributed by atoms with Crippen molar-refractivity contribution in [2.45, 2.75) is 58.0 Å². The molecule has 1 aromatic heterocycles. The number of nitrogens with one attached hydrogen (secondary N) is 1. The molecule has 1 N–H and O–H groups in total. The van der Waals surface area contributed by atoms with Crippen LogP contribution in [-0.2, 0) is 17.6 Å². The van der Waals surface area contributed by atoms with Gasteiger partial charge in [-0.3, -0.25) is 14.2 Å². The number of carbonyl (C=O) groups excluding carboxylic acids is 1. The van der Waals surface area contributed by atoms with Gasteiger partial charge in [-0.25, -0.2) is 4.98 Å². The Balaban J connectivity index is 1.47. The molecule has 4 rings (SSSR count). The first-order chi connectivity index (χ1) is 14.1. The molecule has 1 heterocycles. The molecule has 1 atom stereocenters. The third kappa shape index (κ3) is 4.24. The average Bonchev–Trinajstić information content (AvgIpc) is 3.57. The van der Waals surface area contributed by atoms with Gasteiger partial charge in [-0.15, -0.1) is 0 Å². The topological polar surface area (TPSA) is 64.0 Å². The first-order valence-electron chi connectivity index (χ1n) is 10.4. The number of hydrogen-bond acceptors (Lipinski definition) is 3. The minimum atomic E-state index is -0.0522. The second kappa shape index (κ2) is 8.19. The SMILES string of the molecule is CCc1ccc(C(C)NC(=O)CCc2nc3ccccc3c(=O)n2C2CC2)cc1. The molecule has 0 aliphatic heterocycles. The van der Waals surface area contributed by atoms with E-state index in [2.05, 4.69) is 36.5 Å². The normalized spacial score (nSPS) is 14.7. The summed E-state index contributed by atoms with van der Waals surface area (Å²) in [6.07, 6.45) is 3.79. The van der Waals surface area contributed by atoms with Crippen molar-refractivity contribution in [3.05, 3.63) is 75.8 Å². The Labute approximate surface area is 170 Å². The number of hydrogen-bond donors (Lipinski definition) is 1. The number of carbonyl (C=O) groups is 1. The third-order valence-corrected chi connectivity index (χ3v) is 5.63. The standard InChI is InChI=1S/C24H27N3O2/c1-3-17-8-10-18(11-9-17)16(2)25-23(28)15-14-22-26-21-7-5-4-6-20(21)24(29)27(22)19-12-13-19/h4-11,16,19H,3,12-15H2,1-2H3,(H,25,28). The van der Waals surface area contributed by atoms with Gasteiger partial charge in [0.2, 0.25) is 5.91 Å². The van der Waals surface area contributed by atoms with Crippen molar-refractivity contribution in [1.29, 1.82) is 0 Å². The van der Waals surface area contributed by atoms with Crippen molar-refractivity contribution in [3.63, 3.8) is 0 Å². The molecule has 1 aliphatic rings. The number of aromatic nitrogens is 2. The first-order valence-corrected chi connectivity index (χ1v) is 10.4. The summed E-state index contributed by atoms with van der Waals surface area (Å²) < 4.78 is 1.81. The van der Waals surface area contributed by atoms with Gasteiger partial charge in [0.15, 0.2) is 0 Å². The number of para-hydroxylation sites is 1. The minimum absolute atomic E-state index is 0.0119. The molecule has 0 saturated heterocycles. The van der Waals surface area contributed by atoms with Gasteiger partial charge in [0.05, 0.1) is 16.9 Å². The Kier molecular flexibility index (Phi) is 5.47. The highest BCUT2D eigenvalue weighted by atomic mass is 16.1. The molecule has 3 aromatic rings. The van der Waals surface area contributed by atoms with Gasteiger partial charge in [-0.1, -0.05) is 43.3 Å². The van der Waals surface area contributed by atoms with Crippen LogP contribution in [0, 0.1) is 0 Å². The number of aryl methyl sites for hydroxylation is 2. The van der Waals surface area contributed by atoms with E-state index in [0.717, 1.165) is 24.8 Å². The van der Waals surface area contributed by atoms with Crippen molar-refractivity contribution < 1.29 is 4.79 Å². The Morgan fingerprint density at radius 3 is 2.59 bits per heavy atom. The maximum Gasteiger partial charge on any atom is 0.261 e. The Morgan fingerprint density at radius 2 is 1.90 bits per heavy atom. The van der Waals surface area contributed by atoms with Crippen molar-refractivity contribution in [2.75, 3.05) is 0 Å². The smallest absolute Gasteiger partial charge is 0.261 e. The van der Waals surface area contributed by atoms with E-state index in [1.54, 1.807) is 0 Å². The summed E-state index contributed by atoms with van der Waals surface area (Å²) in [7, 11) is 0. The molecule has 1 saturated carbocycles. The number of nitrogens with zero attached hydrogens (tertiary/aromatic N) is 2. The summed E-state index contributed by atoms with van der Waals surface area (Å²) in [6, 6.07) is 16.0. The van der Waals surface area contributed by atoms with Crippen LogP contribution in [0.3, 0.4) is 0 Å². The summed E-state index contributed by atoms with van der Waals surface area (Å²) >= 11 is 0. The quantitative estimate of drug-likeness (QED) is 0.662. The van der Waals surface area contributed by atoms with Crippen molar-refractivity contribution in [2.24, 2.45) is 0 Å². The lowest BCUT2D eigenvalue weighted by atomic mass is 10.0. The number of benzene rings is 2. The van der Waals surface area contributed by atoms with Crippen LogP contribution < -0.4 is 10.9 Å². The number of amides is 1. The van der Waals surface area contributed by atoms with Crippen LogP contribution in [0.25, 0.3) is 10.9 Å². The molecule has 1 amide bonds. The summed E-state index contributed by atoms with van der Waals surface area (Å²) in [5.74, 6) is 0.688. The Bertz CT molecular complexity index is 1080. The molecule has 150 valence electrons. The van der Waals surface area contributed by atoms with Gasteiger partial charge in [-0.2, -0.15) is 0 Å². The second-order valence-corrected chi connectivity index (χ2v) is 7.84.